The van der Waals surface area contributed by atoms with Crippen molar-refractivity contribution < 1.29 is 5.11 Å². The third kappa shape index (κ3) is 2.64. The Balaban J connectivity index is 2.20. The number of H-pyrrole nitrogens is 1. The summed E-state index contributed by atoms with van der Waals surface area (Å²) in [5.74, 6) is 0.739. The van der Waals surface area contributed by atoms with Crippen molar-refractivity contribution in [2.45, 2.75) is 12.5 Å². The van der Waals surface area contributed by atoms with Crippen molar-refractivity contribution >= 4 is 27.5 Å². The van der Waals surface area contributed by atoms with E-state index in [1.54, 1.807) is 18.5 Å². The predicted molar refractivity (Wildman–Crippen MR) is 66.4 cm³/mol. The number of imidazole rings is 1. The van der Waals surface area contributed by atoms with Gasteiger partial charge in [0.15, 0.2) is 0 Å². The van der Waals surface area contributed by atoms with E-state index in [9.17, 15) is 5.11 Å². The molecule has 0 bridgehead atoms. The van der Waals surface area contributed by atoms with Crippen LogP contribution in [0.25, 0.3) is 0 Å². The lowest BCUT2D eigenvalue weighted by Gasteiger charge is -2.11. The predicted octanol–water partition coefficient (Wildman–Crippen LogP) is 3.10. The minimum Gasteiger partial charge on any atom is -0.388 e. The first-order chi connectivity index (χ1) is 7.66. The topological polar surface area (TPSA) is 48.9 Å². The first-order valence-corrected chi connectivity index (χ1v) is 5.95. The summed E-state index contributed by atoms with van der Waals surface area (Å²) in [5.41, 5.74) is 0.701. The van der Waals surface area contributed by atoms with Crippen molar-refractivity contribution in [3.8, 4) is 0 Å². The van der Waals surface area contributed by atoms with Crippen LogP contribution in [0.1, 0.15) is 17.5 Å². The van der Waals surface area contributed by atoms with Crippen molar-refractivity contribution in [2.75, 3.05) is 0 Å². The fraction of sp³-hybridized carbons (Fsp3) is 0.182. The standard InChI is InChI=1S/C11H10BrClN2O/c12-7-1-2-9(13)8(5-7)10(16)6-11-14-3-4-15-11/h1-5,10,16H,6H2,(H,14,15). The lowest BCUT2D eigenvalue weighted by Crippen LogP contribution is -2.04. The highest BCUT2D eigenvalue weighted by Crippen LogP contribution is 2.27. The lowest BCUT2D eigenvalue weighted by atomic mass is 10.1. The summed E-state index contributed by atoms with van der Waals surface area (Å²) >= 11 is 9.37. The molecular formula is C11H10BrClN2O. The first-order valence-electron chi connectivity index (χ1n) is 4.78. The summed E-state index contributed by atoms with van der Waals surface area (Å²) in [7, 11) is 0. The maximum absolute atomic E-state index is 10.0. The van der Waals surface area contributed by atoms with E-state index in [1.165, 1.54) is 0 Å². The number of aromatic nitrogens is 2. The second kappa shape index (κ2) is 4.99. The number of nitrogens with zero attached hydrogens (tertiary/aromatic N) is 1. The van der Waals surface area contributed by atoms with Crippen LogP contribution in [0.15, 0.2) is 35.1 Å². The van der Waals surface area contributed by atoms with Gasteiger partial charge in [-0.1, -0.05) is 27.5 Å². The number of halogens is 2. The smallest absolute Gasteiger partial charge is 0.108 e. The molecule has 2 rings (SSSR count). The van der Waals surface area contributed by atoms with Crippen LogP contribution < -0.4 is 0 Å². The first kappa shape index (κ1) is 11.6. The summed E-state index contributed by atoms with van der Waals surface area (Å²) in [4.78, 5) is 7.01. The molecule has 5 heteroatoms. The molecule has 1 atom stereocenters. The summed E-state index contributed by atoms with van der Waals surface area (Å²) in [6.45, 7) is 0. The molecule has 0 amide bonds. The molecule has 0 radical (unpaired) electrons. The van der Waals surface area contributed by atoms with E-state index in [0.717, 1.165) is 10.3 Å². The van der Waals surface area contributed by atoms with E-state index in [-0.39, 0.29) is 0 Å². The van der Waals surface area contributed by atoms with Gasteiger partial charge in [0.1, 0.15) is 5.82 Å². The van der Waals surface area contributed by atoms with Crippen molar-refractivity contribution in [1.29, 1.82) is 0 Å². The molecule has 2 aromatic rings. The Morgan fingerprint density at radius 2 is 2.31 bits per heavy atom. The minimum absolute atomic E-state index is 0.420. The van der Waals surface area contributed by atoms with E-state index in [0.29, 0.717) is 17.0 Å². The Kier molecular flexibility index (Phi) is 3.63. The van der Waals surface area contributed by atoms with Gasteiger partial charge in [-0.2, -0.15) is 0 Å². The molecule has 16 heavy (non-hydrogen) atoms. The zero-order valence-corrected chi connectivity index (χ0v) is 10.7. The summed E-state index contributed by atoms with van der Waals surface area (Å²) in [6, 6.07) is 5.41. The third-order valence-corrected chi connectivity index (χ3v) is 3.10. The van der Waals surface area contributed by atoms with E-state index in [2.05, 4.69) is 25.9 Å². The van der Waals surface area contributed by atoms with Crippen LogP contribution in [-0.4, -0.2) is 15.1 Å². The van der Waals surface area contributed by atoms with Crippen molar-refractivity contribution in [3.05, 3.63) is 51.5 Å². The van der Waals surface area contributed by atoms with Gasteiger partial charge in [0, 0.05) is 33.9 Å². The van der Waals surface area contributed by atoms with Crippen LogP contribution >= 0.6 is 27.5 Å². The molecule has 0 saturated carbocycles. The van der Waals surface area contributed by atoms with Gasteiger partial charge in [-0.25, -0.2) is 4.98 Å². The molecule has 1 aromatic heterocycles. The van der Waals surface area contributed by atoms with Crippen LogP contribution in [0.3, 0.4) is 0 Å². The van der Waals surface area contributed by atoms with E-state index in [4.69, 9.17) is 11.6 Å². The van der Waals surface area contributed by atoms with E-state index >= 15 is 0 Å². The SMILES string of the molecule is OC(Cc1ncc[nH]1)c1cc(Br)ccc1Cl. The minimum atomic E-state index is -0.656. The van der Waals surface area contributed by atoms with Crippen LogP contribution in [-0.2, 0) is 6.42 Å². The second-order valence-electron chi connectivity index (χ2n) is 3.42. The molecule has 1 unspecified atom stereocenters. The Morgan fingerprint density at radius 3 is 3.00 bits per heavy atom. The number of rotatable bonds is 3. The molecule has 1 heterocycles. The zero-order valence-electron chi connectivity index (χ0n) is 8.32. The molecular weight excluding hydrogens is 291 g/mol. The van der Waals surface area contributed by atoms with Crippen LogP contribution in [0.5, 0.6) is 0 Å². The quantitative estimate of drug-likeness (QED) is 0.915. The number of benzene rings is 1. The van der Waals surface area contributed by atoms with E-state index < -0.39 is 6.10 Å². The summed E-state index contributed by atoms with van der Waals surface area (Å²) in [6.07, 6.45) is 3.15. The molecule has 2 N–H and O–H groups in total. The number of aliphatic hydroxyl groups excluding tert-OH is 1. The Morgan fingerprint density at radius 1 is 1.50 bits per heavy atom. The molecule has 0 fully saturated rings. The van der Waals surface area contributed by atoms with Gasteiger partial charge in [0.2, 0.25) is 0 Å². The van der Waals surface area contributed by atoms with E-state index in [1.807, 2.05) is 12.1 Å². The molecule has 0 aliphatic rings. The fourth-order valence-electron chi connectivity index (χ4n) is 1.47. The van der Waals surface area contributed by atoms with Crippen molar-refractivity contribution in [3.63, 3.8) is 0 Å². The Hall–Kier alpha value is -0.840. The van der Waals surface area contributed by atoms with Crippen LogP contribution in [0.4, 0.5) is 0 Å². The number of hydrogen-bond donors (Lipinski definition) is 2. The van der Waals surface area contributed by atoms with Gasteiger partial charge in [-0.3, -0.25) is 0 Å². The highest BCUT2D eigenvalue weighted by atomic mass is 79.9. The molecule has 0 spiro atoms. The monoisotopic (exact) mass is 300 g/mol. The molecule has 1 aromatic carbocycles. The van der Waals surface area contributed by atoms with Crippen LogP contribution in [0, 0.1) is 0 Å². The normalized spacial score (nSPS) is 12.7. The van der Waals surface area contributed by atoms with Crippen molar-refractivity contribution in [2.24, 2.45) is 0 Å². The average molecular weight is 302 g/mol. The van der Waals surface area contributed by atoms with Gasteiger partial charge < -0.3 is 10.1 Å². The van der Waals surface area contributed by atoms with Gasteiger partial charge in [-0.05, 0) is 18.2 Å². The highest BCUT2D eigenvalue weighted by molar-refractivity contribution is 9.10. The molecule has 84 valence electrons. The Labute approximate surface area is 107 Å². The maximum Gasteiger partial charge on any atom is 0.108 e. The maximum atomic E-state index is 10.0. The fourth-order valence-corrected chi connectivity index (χ4v) is 2.09. The number of hydrogen-bond acceptors (Lipinski definition) is 2. The Bertz CT molecular complexity index is 473. The number of aliphatic hydroxyl groups is 1. The molecule has 0 saturated heterocycles. The second-order valence-corrected chi connectivity index (χ2v) is 4.74. The van der Waals surface area contributed by atoms with Crippen molar-refractivity contribution in [1.82, 2.24) is 9.97 Å². The zero-order chi connectivity index (χ0) is 11.5. The molecule has 0 aliphatic heterocycles. The number of nitrogens with one attached hydrogen (secondary N) is 1. The van der Waals surface area contributed by atoms with Gasteiger partial charge in [0.25, 0.3) is 0 Å². The summed E-state index contributed by atoms with van der Waals surface area (Å²) < 4.78 is 0.894. The lowest BCUT2D eigenvalue weighted by molar-refractivity contribution is 0.176. The molecule has 0 aliphatic carbocycles. The summed E-state index contributed by atoms with van der Waals surface area (Å²) in [5, 5.41) is 10.6. The average Bonchev–Trinajstić information content (AvgIpc) is 2.74. The van der Waals surface area contributed by atoms with Crippen LogP contribution in [0.2, 0.25) is 5.02 Å². The van der Waals surface area contributed by atoms with Gasteiger partial charge in [0.05, 0.1) is 6.10 Å². The van der Waals surface area contributed by atoms with Gasteiger partial charge >= 0.3 is 0 Å². The largest absolute Gasteiger partial charge is 0.388 e. The highest BCUT2D eigenvalue weighted by Gasteiger charge is 2.13. The third-order valence-electron chi connectivity index (χ3n) is 2.26. The number of aromatic amines is 1. The molecule has 3 nitrogen and oxygen atoms in total. The van der Waals surface area contributed by atoms with Gasteiger partial charge in [-0.15, -0.1) is 0 Å².